The summed E-state index contributed by atoms with van der Waals surface area (Å²) in [5.74, 6) is 2.84. The summed E-state index contributed by atoms with van der Waals surface area (Å²) in [4.78, 5) is 0. The zero-order valence-corrected chi connectivity index (χ0v) is 8.91. The number of rotatable bonds is 0. The standard InChI is InChI=1S/C14H20/c1-2-9-13-11(5-1)6-3-7-12-8-4-10-14(12)13/h4,8,10-13H,1-3,5-7,9H2. The van der Waals surface area contributed by atoms with Crippen LogP contribution in [0.25, 0.3) is 0 Å². The molecule has 0 spiro atoms. The molecule has 0 aromatic carbocycles. The Morgan fingerprint density at radius 2 is 1.79 bits per heavy atom. The molecule has 2 saturated carbocycles. The van der Waals surface area contributed by atoms with Crippen molar-refractivity contribution in [3.05, 3.63) is 23.8 Å². The zero-order valence-electron chi connectivity index (χ0n) is 8.91. The molecule has 3 aliphatic carbocycles. The van der Waals surface area contributed by atoms with Crippen LogP contribution in [0.2, 0.25) is 0 Å². The molecule has 0 amide bonds. The van der Waals surface area contributed by atoms with Gasteiger partial charge in [-0.2, -0.15) is 0 Å². The summed E-state index contributed by atoms with van der Waals surface area (Å²) in [5, 5.41) is 0. The second kappa shape index (κ2) is 3.56. The highest BCUT2D eigenvalue weighted by atomic mass is 14.4. The Balaban J connectivity index is 1.87. The van der Waals surface area contributed by atoms with Crippen molar-refractivity contribution in [3.8, 4) is 0 Å². The van der Waals surface area contributed by atoms with Gasteiger partial charge in [0.1, 0.15) is 0 Å². The van der Waals surface area contributed by atoms with Crippen LogP contribution < -0.4 is 0 Å². The van der Waals surface area contributed by atoms with E-state index in [1.807, 2.05) is 0 Å². The quantitative estimate of drug-likeness (QED) is 0.537. The minimum Gasteiger partial charge on any atom is -0.0773 e. The predicted molar refractivity (Wildman–Crippen MR) is 60.0 cm³/mol. The van der Waals surface area contributed by atoms with E-state index < -0.39 is 0 Å². The number of allylic oxidation sites excluding steroid dienone is 4. The Hall–Kier alpha value is -0.520. The summed E-state index contributed by atoms with van der Waals surface area (Å²) >= 11 is 0. The highest BCUT2D eigenvalue weighted by molar-refractivity contribution is 5.30. The van der Waals surface area contributed by atoms with E-state index >= 15 is 0 Å². The van der Waals surface area contributed by atoms with Crippen LogP contribution >= 0.6 is 0 Å². The van der Waals surface area contributed by atoms with Crippen LogP contribution in [-0.2, 0) is 0 Å². The maximum atomic E-state index is 2.44. The zero-order chi connectivity index (χ0) is 9.38. The predicted octanol–water partition coefficient (Wildman–Crippen LogP) is 4.09. The van der Waals surface area contributed by atoms with E-state index in [0.717, 1.165) is 17.8 Å². The van der Waals surface area contributed by atoms with Gasteiger partial charge < -0.3 is 0 Å². The van der Waals surface area contributed by atoms with Crippen LogP contribution in [0.15, 0.2) is 23.8 Å². The average molecular weight is 188 g/mol. The number of fused-ring (bicyclic) bond motifs is 3. The molecule has 0 N–H and O–H groups in total. The van der Waals surface area contributed by atoms with E-state index in [9.17, 15) is 0 Å². The summed E-state index contributed by atoms with van der Waals surface area (Å²) in [6.45, 7) is 0. The van der Waals surface area contributed by atoms with Gasteiger partial charge in [-0.05, 0) is 43.4 Å². The highest BCUT2D eigenvalue weighted by Gasteiger charge is 2.33. The van der Waals surface area contributed by atoms with Crippen molar-refractivity contribution < 1.29 is 0 Å². The maximum Gasteiger partial charge on any atom is -0.00142 e. The third-order valence-electron chi connectivity index (χ3n) is 4.49. The molecule has 0 aliphatic heterocycles. The highest BCUT2D eigenvalue weighted by Crippen LogP contribution is 2.46. The minimum absolute atomic E-state index is 0.836. The van der Waals surface area contributed by atoms with Gasteiger partial charge in [-0.3, -0.25) is 0 Å². The van der Waals surface area contributed by atoms with Crippen LogP contribution in [0.3, 0.4) is 0 Å². The van der Waals surface area contributed by atoms with Gasteiger partial charge in [0.2, 0.25) is 0 Å². The third-order valence-corrected chi connectivity index (χ3v) is 4.49. The summed E-state index contributed by atoms with van der Waals surface area (Å²) < 4.78 is 0. The molecular formula is C14H20. The van der Waals surface area contributed by atoms with Crippen molar-refractivity contribution in [1.82, 2.24) is 0 Å². The average Bonchev–Trinajstić information content (AvgIpc) is 2.61. The Bertz CT molecular complexity index is 272. The monoisotopic (exact) mass is 188 g/mol. The van der Waals surface area contributed by atoms with Gasteiger partial charge in [0.05, 0.1) is 0 Å². The van der Waals surface area contributed by atoms with E-state index in [2.05, 4.69) is 18.2 Å². The molecule has 3 rings (SSSR count). The van der Waals surface area contributed by atoms with E-state index in [1.165, 1.54) is 44.9 Å². The molecular weight excluding hydrogens is 168 g/mol. The largest absolute Gasteiger partial charge is 0.0773 e. The van der Waals surface area contributed by atoms with Gasteiger partial charge in [0, 0.05) is 0 Å². The van der Waals surface area contributed by atoms with Crippen molar-refractivity contribution in [2.24, 2.45) is 17.8 Å². The molecule has 0 heteroatoms. The van der Waals surface area contributed by atoms with Crippen molar-refractivity contribution in [2.75, 3.05) is 0 Å². The Kier molecular flexibility index (Phi) is 2.23. The van der Waals surface area contributed by atoms with Crippen LogP contribution in [-0.4, -0.2) is 0 Å². The van der Waals surface area contributed by atoms with Gasteiger partial charge in [0.25, 0.3) is 0 Å². The van der Waals surface area contributed by atoms with Crippen LogP contribution in [0.4, 0.5) is 0 Å². The first kappa shape index (κ1) is 8.76. The lowest BCUT2D eigenvalue weighted by molar-refractivity contribution is 0.261. The molecule has 0 saturated heterocycles. The Labute approximate surface area is 87.1 Å². The molecule has 0 bridgehead atoms. The summed E-state index contributed by atoms with van der Waals surface area (Å²) in [6, 6.07) is 0. The summed E-state index contributed by atoms with van der Waals surface area (Å²) in [5.41, 5.74) is 1.80. The molecule has 0 radical (unpaired) electrons. The fourth-order valence-corrected chi connectivity index (χ4v) is 3.79. The number of hydrogen-bond acceptors (Lipinski definition) is 0. The molecule has 2 fully saturated rings. The second-order valence-corrected chi connectivity index (χ2v) is 5.24. The first-order valence-electron chi connectivity index (χ1n) is 6.33. The summed E-state index contributed by atoms with van der Waals surface area (Å²) in [7, 11) is 0. The molecule has 3 atom stereocenters. The molecule has 0 aromatic rings. The van der Waals surface area contributed by atoms with Gasteiger partial charge in [-0.25, -0.2) is 0 Å². The van der Waals surface area contributed by atoms with Gasteiger partial charge in [-0.15, -0.1) is 0 Å². The minimum atomic E-state index is 0.836. The molecule has 3 unspecified atom stereocenters. The lowest BCUT2D eigenvalue weighted by Crippen LogP contribution is -2.21. The van der Waals surface area contributed by atoms with Crippen LogP contribution in [0.5, 0.6) is 0 Å². The molecule has 0 aromatic heterocycles. The number of hydrogen-bond donors (Lipinski definition) is 0. The van der Waals surface area contributed by atoms with Crippen molar-refractivity contribution in [1.29, 1.82) is 0 Å². The third kappa shape index (κ3) is 1.36. The Morgan fingerprint density at radius 1 is 0.929 bits per heavy atom. The fourth-order valence-electron chi connectivity index (χ4n) is 3.79. The van der Waals surface area contributed by atoms with Crippen LogP contribution in [0.1, 0.15) is 44.9 Å². The molecule has 0 nitrogen and oxygen atoms in total. The van der Waals surface area contributed by atoms with E-state index in [4.69, 9.17) is 0 Å². The first-order chi connectivity index (χ1) is 6.95. The maximum absolute atomic E-state index is 2.44. The SMILES string of the molecule is C1=CC2CCCC3CCCCC3C2=C1. The van der Waals surface area contributed by atoms with E-state index in [1.54, 1.807) is 5.57 Å². The van der Waals surface area contributed by atoms with Crippen molar-refractivity contribution in [2.45, 2.75) is 44.9 Å². The Morgan fingerprint density at radius 3 is 2.79 bits per heavy atom. The normalized spacial score (nSPS) is 41.1. The van der Waals surface area contributed by atoms with Crippen molar-refractivity contribution >= 4 is 0 Å². The fraction of sp³-hybridized carbons (Fsp3) is 0.714. The van der Waals surface area contributed by atoms with Crippen LogP contribution in [0, 0.1) is 17.8 Å². The van der Waals surface area contributed by atoms with E-state index in [-0.39, 0.29) is 0 Å². The van der Waals surface area contributed by atoms with E-state index in [0.29, 0.717) is 0 Å². The molecule has 3 aliphatic rings. The topological polar surface area (TPSA) is 0 Å². The van der Waals surface area contributed by atoms with Crippen molar-refractivity contribution in [3.63, 3.8) is 0 Å². The lowest BCUT2D eigenvalue weighted by Gasteiger charge is -2.32. The molecule has 76 valence electrons. The van der Waals surface area contributed by atoms with Gasteiger partial charge >= 0.3 is 0 Å². The second-order valence-electron chi connectivity index (χ2n) is 5.24. The van der Waals surface area contributed by atoms with Gasteiger partial charge in [-0.1, -0.05) is 43.1 Å². The first-order valence-corrected chi connectivity index (χ1v) is 6.33. The van der Waals surface area contributed by atoms with Gasteiger partial charge in [0.15, 0.2) is 0 Å². The molecule has 0 heterocycles. The smallest absolute Gasteiger partial charge is 0.00142 e. The molecule has 14 heavy (non-hydrogen) atoms. The summed E-state index contributed by atoms with van der Waals surface area (Å²) in [6.07, 6.45) is 17.5. The lowest BCUT2D eigenvalue weighted by atomic mass is 9.73.